The Morgan fingerprint density at radius 1 is 1.11 bits per heavy atom. The van der Waals surface area contributed by atoms with E-state index in [-0.39, 0.29) is 35.0 Å². The summed E-state index contributed by atoms with van der Waals surface area (Å²) in [6.45, 7) is 1.62. The minimum Gasteiger partial charge on any atom is -0.293 e. The fourth-order valence-electron chi connectivity index (χ4n) is 4.16. The molecule has 2 heterocycles. The largest absolute Gasteiger partial charge is 0.416 e. The van der Waals surface area contributed by atoms with Crippen molar-refractivity contribution in [2.24, 2.45) is 5.92 Å². The quantitative estimate of drug-likeness (QED) is 0.549. The number of carbonyl (C=O) groups is 1. The number of nitriles is 2. The molecule has 5 rings (SSSR count). The number of benzene rings is 2. The average molecular weight is 489 g/mol. The Hall–Kier alpha value is -4.64. The van der Waals surface area contributed by atoms with E-state index in [1.165, 1.54) is 21.7 Å². The van der Waals surface area contributed by atoms with Crippen LogP contribution < -0.4 is 10.2 Å². The van der Waals surface area contributed by atoms with Crippen molar-refractivity contribution in [2.45, 2.75) is 32.0 Å². The number of allylic oxidation sites excluding steroid dienone is 2. The first-order chi connectivity index (χ1) is 17.2. The van der Waals surface area contributed by atoms with Crippen LogP contribution in [0.5, 0.6) is 0 Å². The summed E-state index contributed by atoms with van der Waals surface area (Å²) < 4.78 is 41.8. The van der Waals surface area contributed by atoms with Gasteiger partial charge >= 0.3 is 6.18 Å². The number of anilines is 3. The number of hydrogen-bond acceptors (Lipinski definition) is 6. The van der Waals surface area contributed by atoms with Crippen molar-refractivity contribution in [3.63, 3.8) is 0 Å². The van der Waals surface area contributed by atoms with Gasteiger partial charge in [-0.05, 0) is 55.7 Å². The predicted octanol–water partition coefficient (Wildman–Crippen LogP) is 5.06. The summed E-state index contributed by atoms with van der Waals surface area (Å²) in [5, 5.41) is 26.4. The van der Waals surface area contributed by atoms with Gasteiger partial charge in [0.15, 0.2) is 0 Å². The van der Waals surface area contributed by atoms with E-state index >= 15 is 0 Å². The third kappa shape index (κ3) is 4.05. The lowest BCUT2D eigenvalue weighted by Crippen LogP contribution is -2.31. The lowest BCUT2D eigenvalue weighted by molar-refractivity contribution is -0.137. The zero-order valence-electron chi connectivity index (χ0n) is 18.9. The predicted molar refractivity (Wildman–Crippen MR) is 123 cm³/mol. The third-order valence-electron chi connectivity index (χ3n) is 6.15. The molecule has 2 aliphatic rings. The van der Waals surface area contributed by atoms with Gasteiger partial charge in [-0.2, -0.15) is 28.7 Å². The number of hydrogen-bond donors (Lipinski definition) is 1. The molecule has 1 atom stereocenters. The molecule has 0 spiro atoms. The van der Waals surface area contributed by atoms with E-state index in [2.05, 4.69) is 21.5 Å². The number of aromatic nitrogens is 3. The zero-order valence-corrected chi connectivity index (χ0v) is 18.9. The summed E-state index contributed by atoms with van der Waals surface area (Å²) in [6.07, 6.45) is -3.03. The van der Waals surface area contributed by atoms with E-state index in [0.717, 1.165) is 25.0 Å². The van der Waals surface area contributed by atoms with Gasteiger partial charge in [-0.15, -0.1) is 5.10 Å². The highest BCUT2D eigenvalue weighted by Gasteiger charge is 2.38. The number of halogens is 3. The molecule has 1 saturated carbocycles. The molecule has 3 aromatic rings. The number of rotatable bonds is 4. The first kappa shape index (κ1) is 23.1. The standard InChI is InChI=1S/C25H18F3N7O/c1-14-20(13-30)21(16-7-5-15(12-29)6-8-16)35-24(32-23(33-35)31-22(36)17-9-10-17)34(14)19-4-2-3-18(11-19)25(26,27)28/h2-8,11,17,21H,9-10H2,1H3,(H,31,33,36). The number of amides is 1. The van der Waals surface area contributed by atoms with E-state index in [4.69, 9.17) is 5.26 Å². The van der Waals surface area contributed by atoms with Crippen molar-refractivity contribution in [2.75, 3.05) is 10.2 Å². The molecule has 180 valence electrons. The molecular weight excluding hydrogens is 471 g/mol. The van der Waals surface area contributed by atoms with E-state index in [1.807, 2.05) is 6.07 Å². The van der Waals surface area contributed by atoms with Crippen LogP contribution in [0.3, 0.4) is 0 Å². The molecule has 0 saturated heterocycles. The smallest absolute Gasteiger partial charge is 0.293 e. The van der Waals surface area contributed by atoms with Gasteiger partial charge in [0, 0.05) is 17.3 Å². The molecular formula is C25H18F3N7O. The van der Waals surface area contributed by atoms with E-state index in [0.29, 0.717) is 16.8 Å². The Morgan fingerprint density at radius 2 is 1.83 bits per heavy atom. The molecule has 2 aromatic carbocycles. The van der Waals surface area contributed by atoms with E-state index < -0.39 is 17.8 Å². The van der Waals surface area contributed by atoms with Gasteiger partial charge < -0.3 is 0 Å². The monoisotopic (exact) mass is 489 g/mol. The van der Waals surface area contributed by atoms with Crippen LogP contribution in [-0.4, -0.2) is 20.7 Å². The minimum absolute atomic E-state index is 0.00971. The van der Waals surface area contributed by atoms with Crippen molar-refractivity contribution in [1.82, 2.24) is 14.8 Å². The second-order valence-electron chi connectivity index (χ2n) is 8.57. The Labute approximate surface area is 203 Å². The summed E-state index contributed by atoms with van der Waals surface area (Å²) in [5.74, 6) is -0.214. The van der Waals surface area contributed by atoms with Gasteiger partial charge in [-0.1, -0.05) is 18.2 Å². The molecule has 11 heteroatoms. The number of carbonyl (C=O) groups excluding carboxylic acids is 1. The van der Waals surface area contributed by atoms with Crippen LogP contribution in [0.2, 0.25) is 0 Å². The van der Waals surface area contributed by atoms with E-state index in [9.17, 15) is 23.2 Å². The molecule has 36 heavy (non-hydrogen) atoms. The maximum absolute atomic E-state index is 13.5. The second kappa shape index (κ2) is 8.54. The molecule has 1 amide bonds. The lowest BCUT2D eigenvalue weighted by atomic mass is 9.95. The SMILES string of the molecule is CC1=C(C#N)C(c2ccc(C#N)cc2)n2nc(NC(=O)C3CC3)nc2N1c1cccc(C(F)(F)F)c1. The maximum atomic E-state index is 13.5. The van der Waals surface area contributed by atoms with Crippen LogP contribution in [0.25, 0.3) is 0 Å². The number of fused-ring (bicyclic) bond motifs is 1. The van der Waals surface area contributed by atoms with Crippen LogP contribution in [0.1, 0.15) is 42.5 Å². The summed E-state index contributed by atoms with van der Waals surface area (Å²) in [4.78, 5) is 18.2. The van der Waals surface area contributed by atoms with Gasteiger partial charge in [0.2, 0.25) is 11.9 Å². The minimum atomic E-state index is -4.57. The van der Waals surface area contributed by atoms with Crippen LogP contribution >= 0.6 is 0 Å². The summed E-state index contributed by atoms with van der Waals surface area (Å²) in [7, 11) is 0. The average Bonchev–Trinajstić information content (AvgIpc) is 3.64. The molecule has 1 aromatic heterocycles. The van der Waals surface area contributed by atoms with Crippen LogP contribution in [-0.2, 0) is 11.0 Å². The molecule has 1 unspecified atom stereocenters. The van der Waals surface area contributed by atoms with Crippen molar-refractivity contribution in [3.05, 3.63) is 76.5 Å². The Bertz CT molecular complexity index is 1470. The normalized spacial score (nSPS) is 17.3. The van der Waals surface area contributed by atoms with Crippen LogP contribution in [0, 0.1) is 28.6 Å². The van der Waals surface area contributed by atoms with Gasteiger partial charge in [-0.25, -0.2) is 4.68 Å². The van der Waals surface area contributed by atoms with Crippen molar-refractivity contribution in [3.8, 4) is 12.1 Å². The van der Waals surface area contributed by atoms with Gasteiger partial charge in [0.1, 0.15) is 6.04 Å². The van der Waals surface area contributed by atoms with Gasteiger partial charge in [-0.3, -0.25) is 15.0 Å². The molecule has 1 N–H and O–H groups in total. The topological polar surface area (TPSA) is 111 Å². The number of nitrogens with zero attached hydrogens (tertiary/aromatic N) is 6. The van der Waals surface area contributed by atoms with Crippen molar-refractivity contribution in [1.29, 1.82) is 10.5 Å². The third-order valence-corrected chi connectivity index (χ3v) is 6.15. The van der Waals surface area contributed by atoms with Crippen LogP contribution in [0.4, 0.5) is 30.8 Å². The van der Waals surface area contributed by atoms with Crippen LogP contribution in [0.15, 0.2) is 59.8 Å². The van der Waals surface area contributed by atoms with Gasteiger partial charge in [0.25, 0.3) is 5.95 Å². The first-order valence-corrected chi connectivity index (χ1v) is 11.1. The molecule has 1 aliphatic carbocycles. The van der Waals surface area contributed by atoms with Crippen molar-refractivity contribution >= 4 is 23.5 Å². The van der Waals surface area contributed by atoms with Gasteiger partial charge in [0.05, 0.1) is 28.8 Å². The van der Waals surface area contributed by atoms with E-state index in [1.54, 1.807) is 31.2 Å². The zero-order chi connectivity index (χ0) is 25.6. The number of alkyl halides is 3. The Kier molecular flexibility index (Phi) is 5.48. The van der Waals surface area contributed by atoms with Crippen molar-refractivity contribution < 1.29 is 18.0 Å². The fraction of sp³-hybridized carbons (Fsp3) is 0.240. The molecule has 0 bridgehead atoms. The summed E-state index contributed by atoms with van der Waals surface area (Å²) >= 11 is 0. The Balaban J connectivity index is 1.68. The maximum Gasteiger partial charge on any atom is 0.416 e. The Morgan fingerprint density at radius 3 is 2.44 bits per heavy atom. The molecule has 1 aliphatic heterocycles. The molecule has 8 nitrogen and oxygen atoms in total. The second-order valence-corrected chi connectivity index (χ2v) is 8.57. The highest BCUT2D eigenvalue weighted by Crippen LogP contribution is 2.43. The lowest BCUT2D eigenvalue weighted by Gasteiger charge is -2.34. The summed E-state index contributed by atoms with van der Waals surface area (Å²) in [6, 6.07) is 14.7. The number of nitrogens with one attached hydrogen (secondary N) is 1. The fourth-order valence-corrected chi connectivity index (χ4v) is 4.16. The molecule has 0 radical (unpaired) electrons. The molecule has 1 fully saturated rings. The first-order valence-electron chi connectivity index (χ1n) is 11.1. The highest BCUT2D eigenvalue weighted by molar-refractivity contribution is 5.92. The highest BCUT2D eigenvalue weighted by atomic mass is 19.4. The summed E-state index contributed by atoms with van der Waals surface area (Å²) in [5.41, 5.74) is 0.937.